The van der Waals surface area contributed by atoms with Gasteiger partial charge < -0.3 is 10.1 Å². The van der Waals surface area contributed by atoms with Crippen molar-refractivity contribution in [3.8, 4) is 11.1 Å². The van der Waals surface area contributed by atoms with Crippen LogP contribution in [0.3, 0.4) is 0 Å². The summed E-state index contributed by atoms with van der Waals surface area (Å²) in [5.74, 6) is 0.479. The number of amides is 1. The van der Waals surface area contributed by atoms with Gasteiger partial charge in [0.25, 0.3) is 0 Å². The topological polar surface area (TPSA) is 50.4 Å². The highest BCUT2D eigenvalue weighted by atomic mass is 16.5. The molecule has 136 valence electrons. The number of anilines is 1. The van der Waals surface area contributed by atoms with E-state index in [1.54, 1.807) is 0 Å². The molecule has 2 aliphatic heterocycles. The summed E-state index contributed by atoms with van der Waals surface area (Å²) in [6.45, 7) is 2.57. The molecule has 2 aromatic carbocycles. The number of ether oxygens (including phenoxy) is 1. The minimum Gasteiger partial charge on any atom is -0.449 e. The molecule has 2 atom stereocenters. The number of nitrogens with one attached hydrogen (secondary N) is 2. The van der Waals surface area contributed by atoms with Crippen LogP contribution in [0, 0.1) is 12.8 Å². The number of aryl methyl sites for hydroxylation is 1. The molecule has 2 N–H and O–H groups in total. The maximum absolute atomic E-state index is 12.3. The Labute approximate surface area is 155 Å². The third-order valence-corrected chi connectivity index (χ3v) is 5.55. The standard InChI is InChI=1S/C22H26N2O2/c1-15-6-8-17(9-7-15)20-4-2-3-5-21(20)24-22(25)26-14-16-12-18-10-11-19(13-16)23-18/h2-9,16,18-19,23H,10-14H2,1H3,(H,24,25). The van der Waals surface area contributed by atoms with E-state index in [0.717, 1.165) is 29.7 Å². The second kappa shape index (κ2) is 7.50. The van der Waals surface area contributed by atoms with E-state index in [0.29, 0.717) is 24.6 Å². The average molecular weight is 350 g/mol. The van der Waals surface area contributed by atoms with Crippen molar-refractivity contribution in [2.24, 2.45) is 5.92 Å². The third-order valence-electron chi connectivity index (χ3n) is 5.55. The summed E-state index contributed by atoms with van der Waals surface area (Å²) in [6, 6.07) is 17.4. The number of carbonyl (C=O) groups excluding carboxylic acids is 1. The summed E-state index contributed by atoms with van der Waals surface area (Å²) in [5.41, 5.74) is 4.09. The molecule has 2 fully saturated rings. The Morgan fingerprint density at radius 3 is 2.50 bits per heavy atom. The lowest BCUT2D eigenvalue weighted by atomic mass is 9.93. The first-order chi connectivity index (χ1) is 12.7. The molecule has 0 spiro atoms. The highest BCUT2D eigenvalue weighted by Gasteiger charge is 2.33. The predicted octanol–water partition coefficient (Wildman–Crippen LogP) is 4.74. The Kier molecular flexibility index (Phi) is 4.93. The van der Waals surface area contributed by atoms with Gasteiger partial charge in [0.15, 0.2) is 0 Å². The number of hydrogen-bond donors (Lipinski definition) is 2. The first-order valence-corrected chi connectivity index (χ1v) is 9.53. The van der Waals surface area contributed by atoms with Gasteiger partial charge in [-0.3, -0.25) is 5.32 Å². The molecule has 2 aliphatic rings. The van der Waals surface area contributed by atoms with Crippen LogP contribution in [0.1, 0.15) is 31.2 Å². The van der Waals surface area contributed by atoms with Gasteiger partial charge in [-0.25, -0.2) is 4.79 Å². The van der Waals surface area contributed by atoms with E-state index in [1.165, 1.54) is 18.4 Å². The molecule has 2 bridgehead atoms. The highest BCUT2D eigenvalue weighted by Crippen LogP contribution is 2.31. The summed E-state index contributed by atoms with van der Waals surface area (Å²) in [4.78, 5) is 12.3. The van der Waals surface area contributed by atoms with E-state index < -0.39 is 0 Å². The van der Waals surface area contributed by atoms with Crippen molar-refractivity contribution in [1.82, 2.24) is 5.32 Å². The molecule has 0 aromatic heterocycles. The number of carbonyl (C=O) groups is 1. The smallest absolute Gasteiger partial charge is 0.411 e. The first-order valence-electron chi connectivity index (χ1n) is 9.53. The number of rotatable bonds is 4. The monoisotopic (exact) mass is 350 g/mol. The maximum atomic E-state index is 12.3. The lowest BCUT2D eigenvalue weighted by Crippen LogP contribution is -2.39. The number of fused-ring (bicyclic) bond motifs is 2. The van der Waals surface area contributed by atoms with Crippen LogP contribution in [0.2, 0.25) is 0 Å². The van der Waals surface area contributed by atoms with Crippen LogP contribution in [0.25, 0.3) is 11.1 Å². The molecular weight excluding hydrogens is 324 g/mol. The molecule has 1 amide bonds. The van der Waals surface area contributed by atoms with Crippen molar-refractivity contribution in [2.45, 2.75) is 44.7 Å². The lowest BCUT2D eigenvalue weighted by Gasteiger charge is -2.28. The van der Waals surface area contributed by atoms with Gasteiger partial charge in [-0.2, -0.15) is 0 Å². The number of hydrogen-bond acceptors (Lipinski definition) is 3. The van der Waals surface area contributed by atoms with Crippen LogP contribution in [0.4, 0.5) is 10.5 Å². The largest absolute Gasteiger partial charge is 0.449 e. The number of para-hydroxylation sites is 1. The molecular formula is C22H26N2O2. The number of piperidine rings is 1. The lowest BCUT2D eigenvalue weighted by molar-refractivity contribution is 0.122. The van der Waals surface area contributed by atoms with Gasteiger partial charge in [-0.05, 0) is 50.2 Å². The molecule has 2 aromatic rings. The van der Waals surface area contributed by atoms with Crippen molar-refractivity contribution in [1.29, 1.82) is 0 Å². The fourth-order valence-corrected chi connectivity index (χ4v) is 4.23. The van der Waals surface area contributed by atoms with Crippen molar-refractivity contribution in [2.75, 3.05) is 11.9 Å². The van der Waals surface area contributed by atoms with Crippen molar-refractivity contribution < 1.29 is 9.53 Å². The fraction of sp³-hybridized carbons (Fsp3) is 0.409. The minimum atomic E-state index is -0.365. The van der Waals surface area contributed by atoms with Gasteiger partial charge in [0.2, 0.25) is 0 Å². The fourth-order valence-electron chi connectivity index (χ4n) is 4.23. The first kappa shape index (κ1) is 17.1. The molecule has 2 heterocycles. The van der Waals surface area contributed by atoms with Crippen LogP contribution in [0.5, 0.6) is 0 Å². The van der Waals surface area contributed by atoms with Gasteiger partial charge in [0.1, 0.15) is 0 Å². The van der Waals surface area contributed by atoms with E-state index >= 15 is 0 Å². The van der Waals surface area contributed by atoms with E-state index in [4.69, 9.17) is 4.74 Å². The van der Waals surface area contributed by atoms with Crippen LogP contribution in [-0.2, 0) is 4.74 Å². The Morgan fingerprint density at radius 2 is 1.77 bits per heavy atom. The summed E-state index contributed by atoms with van der Waals surface area (Å²) in [7, 11) is 0. The molecule has 4 rings (SSSR count). The van der Waals surface area contributed by atoms with Crippen molar-refractivity contribution >= 4 is 11.8 Å². The van der Waals surface area contributed by atoms with Gasteiger partial charge >= 0.3 is 6.09 Å². The van der Waals surface area contributed by atoms with Gasteiger partial charge in [-0.15, -0.1) is 0 Å². The third kappa shape index (κ3) is 3.91. The molecule has 0 aliphatic carbocycles. The molecule has 0 radical (unpaired) electrons. The zero-order chi connectivity index (χ0) is 17.9. The summed E-state index contributed by atoms with van der Waals surface area (Å²) in [5, 5.41) is 6.55. The Balaban J connectivity index is 1.38. The normalized spacial score (nSPS) is 24.3. The second-order valence-electron chi connectivity index (χ2n) is 7.61. The summed E-state index contributed by atoms with van der Waals surface area (Å²) >= 11 is 0. The molecule has 4 nitrogen and oxygen atoms in total. The predicted molar refractivity (Wildman–Crippen MR) is 104 cm³/mol. The minimum absolute atomic E-state index is 0.365. The van der Waals surface area contributed by atoms with Crippen molar-refractivity contribution in [3.63, 3.8) is 0 Å². The molecule has 4 heteroatoms. The Hall–Kier alpha value is -2.33. The Bertz CT molecular complexity index is 760. The summed E-state index contributed by atoms with van der Waals surface area (Å²) < 4.78 is 5.54. The van der Waals surface area contributed by atoms with Crippen LogP contribution in [-0.4, -0.2) is 24.8 Å². The van der Waals surface area contributed by atoms with Crippen molar-refractivity contribution in [3.05, 3.63) is 54.1 Å². The molecule has 2 unspecified atom stereocenters. The quantitative estimate of drug-likeness (QED) is 0.837. The Morgan fingerprint density at radius 1 is 1.08 bits per heavy atom. The zero-order valence-electron chi connectivity index (χ0n) is 15.2. The molecule has 0 saturated carbocycles. The highest BCUT2D eigenvalue weighted by molar-refractivity contribution is 5.91. The number of benzene rings is 2. The zero-order valence-corrected chi connectivity index (χ0v) is 15.2. The van der Waals surface area contributed by atoms with Gasteiger partial charge in [-0.1, -0.05) is 48.0 Å². The maximum Gasteiger partial charge on any atom is 0.411 e. The average Bonchev–Trinajstić information content (AvgIpc) is 2.99. The van der Waals surface area contributed by atoms with Gasteiger partial charge in [0.05, 0.1) is 12.3 Å². The second-order valence-corrected chi connectivity index (χ2v) is 7.61. The van der Waals surface area contributed by atoms with E-state index in [1.807, 2.05) is 24.3 Å². The SMILES string of the molecule is Cc1ccc(-c2ccccc2NC(=O)OCC2CC3CCC(C2)N3)cc1. The van der Waals surface area contributed by atoms with E-state index in [9.17, 15) is 4.79 Å². The van der Waals surface area contributed by atoms with E-state index in [-0.39, 0.29) is 6.09 Å². The van der Waals surface area contributed by atoms with Crippen LogP contribution in [0.15, 0.2) is 48.5 Å². The van der Waals surface area contributed by atoms with Crippen LogP contribution >= 0.6 is 0 Å². The molecule has 26 heavy (non-hydrogen) atoms. The van der Waals surface area contributed by atoms with E-state index in [2.05, 4.69) is 41.8 Å². The van der Waals surface area contributed by atoms with Gasteiger partial charge in [0, 0.05) is 17.6 Å². The van der Waals surface area contributed by atoms with Crippen LogP contribution < -0.4 is 10.6 Å². The molecule has 2 saturated heterocycles. The summed E-state index contributed by atoms with van der Waals surface area (Å²) in [6.07, 6.45) is 4.39.